The Morgan fingerprint density at radius 3 is 2.74 bits per heavy atom. The Hall–Kier alpha value is -0.0800. The van der Waals surface area contributed by atoms with Gasteiger partial charge in [0.05, 0.1) is 0 Å². The zero-order valence-corrected chi connectivity index (χ0v) is 13.3. The topological polar surface area (TPSA) is 15.3 Å². The van der Waals surface area contributed by atoms with Crippen molar-refractivity contribution in [3.05, 3.63) is 0 Å². The second kappa shape index (κ2) is 7.64. The van der Waals surface area contributed by atoms with E-state index in [2.05, 4.69) is 31.0 Å². The van der Waals surface area contributed by atoms with E-state index in [4.69, 9.17) is 0 Å². The number of rotatable bonds is 7. The molecule has 2 nitrogen and oxygen atoms in total. The lowest BCUT2D eigenvalue weighted by atomic mass is 9.97. The lowest BCUT2D eigenvalue weighted by Gasteiger charge is -2.30. The highest BCUT2D eigenvalue weighted by Crippen LogP contribution is 2.30. The van der Waals surface area contributed by atoms with Gasteiger partial charge in [-0.3, -0.25) is 0 Å². The van der Waals surface area contributed by atoms with Crippen LogP contribution in [0.3, 0.4) is 0 Å². The van der Waals surface area contributed by atoms with E-state index in [1.807, 2.05) is 0 Å². The summed E-state index contributed by atoms with van der Waals surface area (Å²) in [5.74, 6) is 1.78. The number of nitrogens with one attached hydrogen (secondary N) is 1. The predicted octanol–water partition coefficient (Wildman–Crippen LogP) is 3.67. The summed E-state index contributed by atoms with van der Waals surface area (Å²) in [4.78, 5) is 2.78. The summed E-state index contributed by atoms with van der Waals surface area (Å²) < 4.78 is 0. The van der Waals surface area contributed by atoms with E-state index in [0.29, 0.717) is 0 Å². The molecular formula is C17H34N2. The van der Waals surface area contributed by atoms with E-state index in [1.54, 1.807) is 0 Å². The summed E-state index contributed by atoms with van der Waals surface area (Å²) >= 11 is 0. The van der Waals surface area contributed by atoms with Crippen LogP contribution in [0, 0.1) is 11.8 Å². The molecule has 0 bridgehead atoms. The van der Waals surface area contributed by atoms with Gasteiger partial charge < -0.3 is 10.2 Å². The average molecular weight is 266 g/mol. The van der Waals surface area contributed by atoms with Crippen LogP contribution in [-0.4, -0.2) is 36.6 Å². The molecule has 0 aromatic heterocycles. The molecule has 19 heavy (non-hydrogen) atoms. The molecule has 3 atom stereocenters. The Morgan fingerprint density at radius 2 is 2.00 bits per heavy atom. The monoisotopic (exact) mass is 266 g/mol. The summed E-state index contributed by atoms with van der Waals surface area (Å²) in [6.45, 7) is 11.0. The van der Waals surface area contributed by atoms with Crippen molar-refractivity contribution in [2.45, 2.75) is 77.8 Å². The number of nitrogens with zero attached hydrogens (tertiary/aromatic N) is 1. The molecule has 1 aliphatic heterocycles. The van der Waals surface area contributed by atoms with Crippen LogP contribution in [0.15, 0.2) is 0 Å². The molecule has 0 spiro atoms. The van der Waals surface area contributed by atoms with Gasteiger partial charge in [0, 0.05) is 12.1 Å². The minimum atomic E-state index is 0.819. The highest BCUT2D eigenvalue weighted by Gasteiger charge is 2.30. The highest BCUT2D eigenvalue weighted by molar-refractivity contribution is 4.86. The van der Waals surface area contributed by atoms with E-state index in [1.165, 1.54) is 64.6 Å². The first-order valence-electron chi connectivity index (χ1n) is 8.69. The SMILES string of the molecule is CCCNC1CCCC1CCN1CCCC1C(C)C. The van der Waals surface area contributed by atoms with Gasteiger partial charge in [-0.15, -0.1) is 0 Å². The van der Waals surface area contributed by atoms with Crippen molar-refractivity contribution < 1.29 is 0 Å². The summed E-state index contributed by atoms with van der Waals surface area (Å²) in [5.41, 5.74) is 0. The number of hydrogen-bond acceptors (Lipinski definition) is 2. The van der Waals surface area contributed by atoms with Gasteiger partial charge >= 0.3 is 0 Å². The van der Waals surface area contributed by atoms with E-state index in [9.17, 15) is 0 Å². The van der Waals surface area contributed by atoms with Gasteiger partial charge in [0.15, 0.2) is 0 Å². The largest absolute Gasteiger partial charge is 0.314 e. The van der Waals surface area contributed by atoms with Crippen molar-refractivity contribution in [2.75, 3.05) is 19.6 Å². The average Bonchev–Trinajstić information content (AvgIpc) is 3.02. The van der Waals surface area contributed by atoms with Crippen molar-refractivity contribution in [3.63, 3.8) is 0 Å². The fourth-order valence-electron chi connectivity index (χ4n) is 4.20. The van der Waals surface area contributed by atoms with E-state index in [-0.39, 0.29) is 0 Å². The number of hydrogen-bond donors (Lipinski definition) is 1. The van der Waals surface area contributed by atoms with Crippen LogP contribution in [0.1, 0.15) is 65.7 Å². The number of likely N-dealkylation sites (tertiary alicyclic amines) is 1. The summed E-state index contributed by atoms with van der Waals surface area (Å²) in [7, 11) is 0. The zero-order chi connectivity index (χ0) is 13.7. The van der Waals surface area contributed by atoms with E-state index < -0.39 is 0 Å². The molecule has 2 rings (SSSR count). The molecule has 3 unspecified atom stereocenters. The van der Waals surface area contributed by atoms with Crippen LogP contribution >= 0.6 is 0 Å². The van der Waals surface area contributed by atoms with Crippen molar-refractivity contribution in [1.29, 1.82) is 0 Å². The lowest BCUT2D eigenvalue weighted by molar-refractivity contribution is 0.188. The third kappa shape index (κ3) is 4.19. The fraction of sp³-hybridized carbons (Fsp3) is 1.00. The summed E-state index contributed by atoms with van der Waals surface area (Å²) in [6.07, 6.45) is 9.86. The van der Waals surface area contributed by atoms with Crippen LogP contribution in [0.25, 0.3) is 0 Å². The van der Waals surface area contributed by atoms with Crippen LogP contribution < -0.4 is 5.32 Å². The molecule has 1 saturated carbocycles. The van der Waals surface area contributed by atoms with Crippen molar-refractivity contribution in [3.8, 4) is 0 Å². The smallest absolute Gasteiger partial charge is 0.0119 e. The third-order valence-electron chi connectivity index (χ3n) is 5.29. The molecule has 1 N–H and O–H groups in total. The molecule has 2 fully saturated rings. The molecule has 0 amide bonds. The maximum Gasteiger partial charge on any atom is 0.0119 e. The first kappa shape index (κ1) is 15.3. The van der Waals surface area contributed by atoms with Gasteiger partial charge in [-0.2, -0.15) is 0 Å². The normalized spacial score (nSPS) is 32.5. The molecule has 2 heteroatoms. The van der Waals surface area contributed by atoms with Gasteiger partial charge in [-0.1, -0.05) is 27.2 Å². The van der Waals surface area contributed by atoms with Crippen LogP contribution in [0.4, 0.5) is 0 Å². The minimum absolute atomic E-state index is 0.819. The van der Waals surface area contributed by atoms with Crippen LogP contribution in [0.5, 0.6) is 0 Å². The van der Waals surface area contributed by atoms with Gasteiger partial charge in [0.2, 0.25) is 0 Å². The second-order valence-corrected chi connectivity index (χ2v) is 7.03. The second-order valence-electron chi connectivity index (χ2n) is 7.03. The molecule has 1 aliphatic carbocycles. The van der Waals surface area contributed by atoms with Gasteiger partial charge in [-0.05, 0) is 70.0 Å². The zero-order valence-electron chi connectivity index (χ0n) is 13.3. The van der Waals surface area contributed by atoms with Gasteiger partial charge in [0.1, 0.15) is 0 Å². The van der Waals surface area contributed by atoms with Gasteiger partial charge in [0.25, 0.3) is 0 Å². The Balaban J connectivity index is 1.74. The Bertz CT molecular complexity index is 252. The van der Waals surface area contributed by atoms with E-state index >= 15 is 0 Å². The van der Waals surface area contributed by atoms with Gasteiger partial charge in [-0.25, -0.2) is 0 Å². The molecular weight excluding hydrogens is 232 g/mol. The molecule has 0 aromatic carbocycles. The Morgan fingerprint density at radius 1 is 1.16 bits per heavy atom. The fourth-order valence-corrected chi connectivity index (χ4v) is 4.20. The minimum Gasteiger partial charge on any atom is -0.314 e. The quantitative estimate of drug-likeness (QED) is 0.756. The van der Waals surface area contributed by atoms with Crippen LogP contribution in [0.2, 0.25) is 0 Å². The molecule has 1 saturated heterocycles. The first-order chi connectivity index (χ1) is 9.22. The van der Waals surface area contributed by atoms with Crippen molar-refractivity contribution in [1.82, 2.24) is 10.2 Å². The highest BCUT2D eigenvalue weighted by atomic mass is 15.2. The predicted molar refractivity (Wildman–Crippen MR) is 83.5 cm³/mol. The maximum absolute atomic E-state index is 3.77. The van der Waals surface area contributed by atoms with Crippen LogP contribution in [-0.2, 0) is 0 Å². The van der Waals surface area contributed by atoms with E-state index in [0.717, 1.165) is 23.9 Å². The molecule has 1 heterocycles. The maximum atomic E-state index is 3.77. The summed E-state index contributed by atoms with van der Waals surface area (Å²) in [5, 5.41) is 3.77. The summed E-state index contributed by atoms with van der Waals surface area (Å²) in [6, 6.07) is 1.68. The molecule has 0 aromatic rings. The lowest BCUT2D eigenvalue weighted by Crippen LogP contribution is -2.38. The first-order valence-corrected chi connectivity index (χ1v) is 8.69. The Kier molecular flexibility index (Phi) is 6.15. The standard InChI is InChI=1S/C17H34N2/c1-4-11-18-16-8-5-7-15(16)10-13-19-12-6-9-17(19)14(2)3/h14-18H,4-13H2,1-3H3. The molecule has 2 aliphatic rings. The molecule has 0 radical (unpaired) electrons. The van der Waals surface area contributed by atoms with Crippen molar-refractivity contribution in [2.24, 2.45) is 11.8 Å². The molecule has 112 valence electrons. The Labute approximate surface area is 120 Å². The third-order valence-corrected chi connectivity index (χ3v) is 5.29. The van der Waals surface area contributed by atoms with Crippen molar-refractivity contribution >= 4 is 0 Å².